The Labute approximate surface area is 129 Å². The van der Waals surface area contributed by atoms with E-state index in [9.17, 15) is 0 Å². The van der Waals surface area contributed by atoms with Gasteiger partial charge < -0.3 is 5.32 Å². The van der Waals surface area contributed by atoms with E-state index >= 15 is 0 Å². The van der Waals surface area contributed by atoms with Crippen LogP contribution < -0.4 is 5.32 Å². The second kappa shape index (κ2) is 6.49. The molecule has 0 heterocycles. The highest BCUT2D eigenvalue weighted by Gasteiger charge is 2.35. The lowest BCUT2D eigenvalue weighted by atomic mass is 9.65. The fourth-order valence-electron chi connectivity index (χ4n) is 3.40. The molecule has 0 aliphatic heterocycles. The van der Waals surface area contributed by atoms with Gasteiger partial charge in [0.1, 0.15) is 0 Å². The quantitative estimate of drug-likeness (QED) is 0.799. The zero-order chi connectivity index (χ0) is 14.8. The zero-order valence-corrected chi connectivity index (χ0v) is 14.0. The topological polar surface area (TPSA) is 12.0 Å². The second-order valence-electron chi connectivity index (χ2n) is 7.39. The maximum Gasteiger partial charge on any atom is 0.0408 e. The zero-order valence-electron chi connectivity index (χ0n) is 13.2. The van der Waals surface area contributed by atoms with E-state index in [0.717, 1.165) is 17.5 Å². The van der Waals surface area contributed by atoms with Crippen LogP contribution in [0.5, 0.6) is 0 Å². The molecule has 0 spiro atoms. The molecule has 0 aromatic heterocycles. The summed E-state index contributed by atoms with van der Waals surface area (Å²) in [5.41, 5.74) is 1.86. The van der Waals surface area contributed by atoms with Gasteiger partial charge in [0.25, 0.3) is 0 Å². The van der Waals surface area contributed by atoms with E-state index in [2.05, 4.69) is 51.2 Å². The van der Waals surface area contributed by atoms with Gasteiger partial charge in [-0.1, -0.05) is 51.4 Å². The Morgan fingerprint density at radius 3 is 2.75 bits per heavy atom. The van der Waals surface area contributed by atoms with Crippen LogP contribution in [-0.4, -0.2) is 12.6 Å². The average Bonchev–Trinajstić information content (AvgIpc) is 2.36. The van der Waals surface area contributed by atoms with Gasteiger partial charge in [0.15, 0.2) is 0 Å². The Morgan fingerprint density at radius 1 is 1.35 bits per heavy atom. The minimum atomic E-state index is 0.446. The molecule has 1 aliphatic rings. The number of nitrogens with one attached hydrogen (secondary N) is 1. The van der Waals surface area contributed by atoms with Crippen molar-refractivity contribution in [3.05, 3.63) is 34.9 Å². The van der Waals surface area contributed by atoms with Gasteiger partial charge in [0.05, 0.1) is 0 Å². The van der Waals surface area contributed by atoms with Crippen molar-refractivity contribution >= 4 is 11.6 Å². The molecule has 1 fully saturated rings. The minimum Gasteiger partial charge on any atom is -0.314 e. The van der Waals surface area contributed by atoms with E-state index in [-0.39, 0.29) is 0 Å². The Morgan fingerprint density at radius 2 is 2.10 bits per heavy atom. The summed E-state index contributed by atoms with van der Waals surface area (Å²) in [7, 11) is 0. The first-order valence-electron chi connectivity index (χ1n) is 7.86. The second-order valence-corrected chi connectivity index (χ2v) is 7.83. The van der Waals surface area contributed by atoms with Gasteiger partial charge in [-0.3, -0.25) is 0 Å². The maximum atomic E-state index is 6.19. The number of benzene rings is 1. The molecule has 0 radical (unpaired) electrons. The standard InChI is InChI=1S/C18H28ClN/c1-13(2)20-12-15-8-9-18(3,4)11-17(15)14-6-5-7-16(19)10-14/h5-7,10,13,15,17,20H,8-9,11-12H2,1-4H3. The van der Waals surface area contributed by atoms with Gasteiger partial charge >= 0.3 is 0 Å². The first-order valence-corrected chi connectivity index (χ1v) is 8.24. The molecule has 1 aromatic carbocycles. The van der Waals surface area contributed by atoms with Crippen molar-refractivity contribution in [3.63, 3.8) is 0 Å². The Kier molecular flexibility index (Phi) is 5.14. The predicted molar refractivity (Wildman–Crippen MR) is 88.5 cm³/mol. The van der Waals surface area contributed by atoms with E-state index in [1.807, 2.05) is 6.07 Å². The van der Waals surface area contributed by atoms with Crippen LogP contribution in [0.1, 0.15) is 58.4 Å². The molecule has 2 rings (SSSR count). The van der Waals surface area contributed by atoms with Crippen molar-refractivity contribution in [1.82, 2.24) is 5.32 Å². The number of rotatable bonds is 4. The monoisotopic (exact) mass is 293 g/mol. The molecule has 0 amide bonds. The van der Waals surface area contributed by atoms with Gasteiger partial charge in [-0.15, -0.1) is 0 Å². The van der Waals surface area contributed by atoms with Gasteiger partial charge in [0.2, 0.25) is 0 Å². The lowest BCUT2D eigenvalue weighted by molar-refractivity contribution is 0.158. The lowest BCUT2D eigenvalue weighted by Gasteiger charge is -2.41. The van der Waals surface area contributed by atoms with Crippen LogP contribution in [0.3, 0.4) is 0 Å². The third kappa shape index (κ3) is 4.23. The fraction of sp³-hybridized carbons (Fsp3) is 0.667. The third-order valence-electron chi connectivity index (χ3n) is 4.60. The summed E-state index contributed by atoms with van der Waals surface area (Å²) < 4.78 is 0. The Bertz CT molecular complexity index is 437. The Balaban J connectivity index is 2.17. The molecule has 20 heavy (non-hydrogen) atoms. The molecule has 1 nitrogen and oxygen atoms in total. The van der Waals surface area contributed by atoms with Gasteiger partial charge in [-0.05, 0) is 60.8 Å². The van der Waals surface area contributed by atoms with Gasteiger partial charge in [-0.2, -0.15) is 0 Å². The lowest BCUT2D eigenvalue weighted by Crippen LogP contribution is -2.37. The molecule has 112 valence electrons. The largest absolute Gasteiger partial charge is 0.314 e. The smallest absolute Gasteiger partial charge is 0.0408 e. The van der Waals surface area contributed by atoms with Gasteiger partial charge in [0, 0.05) is 11.1 Å². The molecular formula is C18H28ClN. The molecule has 1 N–H and O–H groups in total. The van der Waals surface area contributed by atoms with E-state index in [0.29, 0.717) is 17.4 Å². The normalized spacial score (nSPS) is 25.9. The van der Waals surface area contributed by atoms with Crippen LogP contribution in [0.4, 0.5) is 0 Å². The number of halogens is 1. The average molecular weight is 294 g/mol. The highest BCUT2D eigenvalue weighted by Crippen LogP contribution is 2.46. The summed E-state index contributed by atoms with van der Waals surface area (Å²) in [4.78, 5) is 0. The molecule has 2 unspecified atom stereocenters. The van der Waals surface area contributed by atoms with Crippen molar-refractivity contribution in [1.29, 1.82) is 0 Å². The first kappa shape index (κ1) is 15.9. The van der Waals surface area contributed by atoms with Crippen molar-refractivity contribution < 1.29 is 0 Å². The van der Waals surface area contributed by atoms with Crippen LogP contribution in [0.2, 0.25) is 5.02 Å². The van der Waals surface area contributed by atoms with Gasteiger partial charge in [-0.25, -0.2) is 0 Å². The molecule has 0 saturated heterocycles. The SMILES string of the molecule is CC(C)NCC1CCC(C)(C)CC1c1cccc(Cl)c1. The summed E-state index contributed by atoms with van der Waals surface area (Å²) in [5, 5.41) is 4.49. The predicted octanol–water partition coefficient (Wildman–Crippen LogP) is 5.25. The fourth-order valence-corrected chi connectivity index (χ4v) is 3.60. The molecular weight excluding hydrogens is 266 g/mol. The highest BCUT2D eigenvalue weighted by atomic mass is 35.5. The van der Waals surface area contributed by atoms with Crippen LogP contribution in [0.15, 0.2) is 24.3 Å². The third-order valence-corrected chi connectivity index (χ3v) is 4.83. The van der Waals surface area contributed by atoms with Crippen LogP contribution in [0, 0.1) is 11.3 Å². The van der Waals surface area contributed by atoms with E-state index in [1.54, 1.807) is 0 Å². The van der Waals surface area contributed by atoms with E-state index in [4.69, 9.17) is 11.6 Å². The molecule has 1 aromatic rings. The van der Waals surface area contributed by atoms with Crippen LogP contribution in [0.25, 0.3) is 0 Å². The summed E-state index contributed by atoms with van der Waals surface area (Å²) in [6.07, 6.45) is 3.90. The number of hydrogen-bond donors (Lipinski definition) is 1. The van der Waals surface area contributed by atoms with Crippen LogP contribution >= 0.6 is 11.6 Å². The van der Waals surface area contributed by atoms with Crippen LogP contribution in [-0.2, 0) is 0 Å². The molecule has 1 aliphatic carbocycles. The summed E-state index contributed by atoms with van der Waals surface area (Å²) >= 11 is 6.19. The van der Waals surface area contributed by atoms with E-state index < -0.39 is 0 Å². The van der Waals surface area contributed by atoms with Crippen molar-refractivity contribution in [3.8, 4) is 0 Å². The Hall–Kier alpha value is -0.530. The van der Waals surface area contributed by atoms with Crippen molar-refractivity contribution in [2.75, 3.05) is 6.54 Å². The number of hydrogen-bond acceptors (Lipinski definition) is 1. The molecule has 2 atom stereocenters. The van der Waals surface area contributed by atoms with E-state index in [1.165, 1.54) is 24.8 Å². The molecule has 2 heteroatoms. The summed E-state index contributed by atoms with van der Waals surface area (Å²) in [6.45, 7) is 10.4. The summed E-state index contributed by atoms with van der Waals surface area (Å²) in [5.74, 6) is 1.35. The minimum absolute atomic E-state index is 0.446. The van der Waals surface area contributed by atoms with Crippen molar-refractivity contribution in [2.24, 2.45) is 11.3 Å². The summed E-state index contributed by atoms with van der Waals surface area (Å²) in [6, 6.07) is 9.04. The molecule has 1 saturated carbocycles. The molecule has 0 bridgehead atoms. The van der Waals surface area contributed by atoms with Crippen molar-refractivity contribution in [2.45, 2.75) is 58.9 Å². The first-order chi connectivity index (χ1) is 9.37. The highest BCUT2D eigenvalue weighted by molar-refractivity contribution is 6.30. The maximum absolute atomic E-state index is 6.19.